The lowest BCUT2D eigenvalue weighted by molar-refractivity contribution is 0.532. The molecule has 0 radical (unpaired) electrons. The van der Waals surface area contributed by atoms with E-state index in [-0.39, 0.29) is 4.90 Å². The predicted octanol–water partition coefficient (Wildman–Crippen LogP) is 0.569. The molecule has 2 unspecified atom stereocenters. The first-order chi connectivity index (χ1) is 7.98. The molecule has 1 aliphatic carbocycles. The quantitative estimate of drug-likeness (QED) is 0.803. The van der Waals surface area contributed by atoms with E-state index in [4.69, 9.17) is 11.5 Å². The van der Waals surface area contributed by atoms with Gasteiger partial charge in [0, 0.05) is 0 Å². The molecule has 4 N–H and O–H groups in total. The normalized spacial score (nSPS) is 28.2. The number of benzene rings is 1. The number of hydrogen-bond donors (Lipinski definition) is 2. The van der Waals surface area contributed by atoms with Crippen LogP contribution in [0.5, 0.6) is 0 Å². The van der Waals surface area contributed by atoms with Gasteiger partial charge in [0.1, 0.15) is 0 Å². The Bertz CT molecular complexity index is 563. The fraction of sp³-hybridized carbons (Fsp3) is 0.167. The van der Waals surface area contributed by atoms with E-state index in [1.54, 1.807) is 36.4 Å². The highest BCUT2D eigenvalue weighted by atomic mass is 32.2. The highest BCUT2D eigenvalue weighted by molar-refractivity contribution is 7.93. The fourth-order valence-corrected chi connectivity index (χ4v) is 3.34. The number of hydrogen-bond acceptors (Lipinski definition) is 4. The maximum atomic E-state index is 12.4. The monoisotopic (exact) mass is 250 g/mol. The lowest BCUT2D eigenvalue weighted by Gasteiger charge is -2.31. The molecule has 4 nitrogen and oxygen atoms in total. The minimum atomic E-state index is -3.70. The Kier molecular flexibility index (Phi) is 2.91. The van der Waals surface area contributed by atoms with Crippen molar-refractivity contribution in [2.24, 2.45) is 11.5 Å². The van der Waals surface area contributed by atoms with Crippen LogP contribution in [0, 0.1) is 0 Å². The van der Waals surface area contributed by atoms with Gasteiger partial charge in [0.25, 0.3) is 0 Å². The Hall–Kier alpha value is -1.43. The second kappa shape index (κ2) is 4.10. The third kappa shape index (κ3) is 1.82. The summed E-state index contributed by atoms with van der Waals surface area (Å²) < 4.78 is 24.9. The van der Waals surface area contributed by atoms with Crippen molar-refractivity contribution >= 4 is 9.84 Å². The van der Waals surface area contributed by atoms with Crippen molar-refractivity contribution in [3.05, 3.63) is 54.6 Å². The molecule has 1 aliphatic rings. The third-order valence-electron chi connectivity index (χ3n) is 2.83. The van der Waals surface area contributed by atoms with E-state index in [2.05, 4.69) is 0 Å². The standard InChI is InChI=1S/C12H14N2O2S/c13-11-8-4-5-9-12(11,14)17(15,16)10-6-2-1-3-7-10/h1-9,11H,13-14H2. The molecule has 0 aliphatic heterocycles. The molecular weight excluding hydrogens is 236 g/mol. The van der Waals surface area contributed by atoms with Gasteiger partial charge in [-0.05, 0) is 18.2 Å². The SMILES string of the molecule is NC1C=CC=CC1(N)S(=O)(=O)c1ccccc1. The summed E-state index contributed by atoms with van der Waals surface area (Å²) in [7, 11) is -3.70. The van der Waals surface area contributed by atoms with Crippen molar-refractivity contribution < 1.29 is 8.42 Å². The summed E-state index contributed by atoms with van der Waals surface area (Å²) in [5, 5.41) is 0. The molecule has 0 saturated carbocycles. The largest absolute Gasteiger partial charge is 0.322 e. The molecular formula is C12H14N2O2S. The van der Waals surface area contributed by atoms with E-state index in [1.807, 2.05) is 0 Å². The molecule has 2 atom stereocenters. The van der Waals surface area contributed by atoms with Crippen molar-refractivity contribution in [1.29, 1.82) is 0 Å². The zero-order valence-corrected chi connectivity index (χ0v) is 9.97. The van der Waals surface area contributed by atoms with Crippen LogP contribution in [0.15, 0.2) is 59.5 Å². The van der Waals surface area contributed by atoms with Gasteiger partial charge in [0.15, 0.2) is 4.87 Å². The van der Waals surface area contributed by atoms with E-state index in [0.29, 0.717) is 0 Å². The van der Waals surface area contributed by atoms with Gasteiger partial charge >= 0.3 is 0 Å². The van der Waals surface area contributed by atoms with E-state index >= 15 is 0 Å². The van der Waals surface area contributed by atoms with Crippen molar-refractivity contribution in [3.63, 3.8) is 0 Å². The summed E-state index contributed by atoms with van der Waals surface area (Å²) >= 11 is 0. The van der Waals surface area contributed by atoms with Gasteiger partial charge < -0.3 is 11.5 Å². The van der Waals surface area contributed by atoms with Gasteiger partial charge in [0.05, 0.1) is 10.9 Å². The number of nitrogens with two attached hydrogens (primary N) is 2. The molecule has 0 heterocycles. The molecule has 1 aromatic rings. The van der Waals surface area contributed by atoms with Gasteiger partial charge in [0.2, 0.25) is 9.84 Å². The van der Waals surface area contributed by atoms with Crippen LogP contribution in [0.25, 0.3) is 0 Å². The molecule has 0 saturated heterocycles. The maximum Gasteiger partial charge on any atom is 0.202 e. The number of allylic oxidation sites excluding steroid dienone is 2. The van der Waals surface area contributed by atoms with Gasteiger partial charge in [-0.3, -0.25) is 0 Å². The molecule has 0 amide bonds. The van der Waals surface area contributed by atoms with Gasteiger partial charge in [-0.2, -0.15) is 0 Å². The first-order valence-corrected chi connectivity index (χ1v) is 6.67. The summed E-state index contributed by atoms with van der Waals surface area (Å²) in [5.41, 5.74) is 11.8. The smallest absolute Gasteiger partial charge is 0.202 e. The molecule has 5 heteroatoms. The molecule has 0 fully saturated rings. The van der Waals surface area contributed by atoms with Crippen LogP contribution in [0.3, 0.4) is 0 Å². The lowest BCUT2D eigenvalue weighted by Crippen LogP contribution is -2.59. The first-order valence-electron chi connectivity index (χ1n) is 5.18. The fourth-order valence-electron chi connectivity index (χ4n) is 1.72. The molecule has 0 bridgehead atoms. The Labute approximate surface area is 101 Å². The average molecular weight is 250 g/mol. The van der Waals surface area contributed by atoms with E-state index in [0.717, 1.165) is 0 Å². The van der Waals surface area contributed by atoms with Crippen LogP contribution in [-0.4, -0.2) is 19.3 Å². The number of rotatable bonds is 2. The average Bonchev–Trinajstić information content (AvgIpc) is 2.34. The van der Waals surface area contributed by atoms with E-state index < -0.39 is 20.8 Å². The minimum absolute atomic E-state index is 0.179. The predicted molar refractivity (Wildman–Crippen MR) is 66.8 cm³/mol. The van der Waals surface area contributed by atoms with Gasteiger partial charge in [-0.15, -0.1) is 0 Å². The maximum absolute atomic E-state index is 12.4. The molecule has 2 rings (SSSR count). The van der Waals surface area contributed by atoms with Crippen LogP contribution in [0.4, 0.5) is 0 Å². The zero-order valence-electron chi connectivity index (χ0n) is 9.15. The summed E-state index contributed by atoms with van der Waals surface area (Å²) in [6.07, 6.45) is 6.31. The highest BCUT2D eigenvalue weighted by Gasteiger charge is 2.43. The Morgan fingerprint density at radius 3 is 2.35 bits per heavy atom. The first kappa shape index (κ1) is 12.0. The van der Waals surface area contributed by atoms with Crippen LogP contribution in [0.1, 0.15) is 0 Å². The molecule has 90 valence electrons. The van der Waals surface area contributed by atoms with Gasteiger partial charge in [-0.1, -0.05) is 36.4 Å². The minimum Gasteiger partial charge on any atom is -0.322 e. The molecule has 0 spiro atoms. The summed E-state index contributed by atoms with van der Waals surface area (Å²) in [6.45, 7) is 0. The Balaban J connectivity index is 2.54. The summed E-state index contributed by atoms with van der Waals surface area (Å²) in [6, 6.07) is 7.34. The molecule has 17 heavy (non-hydrogen) atoms. The zero-order chi connectivity index (χ0) is 12.5. The van der Waals surface area contributed by atoms with Crippen LogP contribution >= 0.6 is 0 Å². The molecule has 0 aromatic heterocycles. The highest BCUT2D eigenvalue weighted by Crippen LogP contribution is 2.27. The van der Waals surface area contributed by atoms with Crippen molar-refractivity contribution in [2.75, 3.05) is 0 Å². The molecule has 1 aromatic carbocycles. The van der Waals surface area contributed by atoms with Crippen LogP contribution < -0.4 is 11.5 Å². The second-order valence-electron chi connectivity index (χ2n) is 3.94. The van der Waals surface area contributed by atoms with E-state index in [1.165, 1.54) is 18.2 Å². The van der Waals surface area contributed by atoms with Crippen LogP contribution in [-0.2, 0) is 9.84 Å². The summed E-state index contributed by atoms with van der Waals surface area (Å²) in [5.74, 6) is 0. The van der Waals surface area contributed by atoms with Crippen molar-refractivity contribution in [3.8, 4) is 0 Å². The lowest BCUT2D eigenvalue weighted by atomic mass is 10.0. The Morgan fingerprint density at radius 2 is 1.76 bits per heavy atom. The van der Waals surface area contributed by atoms with Crippen molar-refractivity contribution in [2.45, 2.75) is 15.8 Å². The second-order valence-corrected chi connectivity index (χ2v) is 6.13. The third-order valence-corrected chi connectivity index (χ3v) is 5.06. The Morgan fingerprint density at radius 1 is 1.12 bits per heavy atom. The summed E-state index contributed by atoms with van der Waals surface area (Å²) in [4.78, 5) is -1.40. The van der Waals surface area contributed by atoms with Crippen LogP contribution in [0.2, 0.25) is 0 Å². The van der Waals surface area contributed by atoms with Gasteiger partial charge in [-0.25, -0.2) is 8.42 Å². The van der Waals surface area contributed by atoms with E-state index in [9.17, 15) is 8.42 Å². The van der Waals surface area contributed by atoms with Crippen molar-refractivity contribution in [1.82, 2.24) is 0 Å². The number of sulfone groups is 1. The topological polar surface area (TPSA) is 86.2 Å².